The predicted octanol–water partition coefficient (Wildman–Crippen LogP) is 4.03. The van der Waals surface area contributed by atoms with Crippen molar-refractivity contribution in [3.63, 3.8) is 0 Å². The third kappa shape index (κ3) is 5.55. The number of aromatic nitrogens is 2. The zero-order chi connectivity index (χ0) is 22.3. The summed E-state index contributed by atoms with van der Waals surface area (Å²) in [6.45, 7) is 4.86. The highest BCUT2D eigenvalue weighted by atomic mass is 16.5. The first-order valence-corrected chi connectivity index (χ1v) is 11.0. The Bertz CT molecular complexity index is 1020. The minimum absolute atomic E-state index is 0.00231. The predicted molar refractivity (Wildman–Crippen MR) is 121 cm³/mol. The summed E-state index contributed by atoms with van der Waals surface area (Å²) in [5, 5.41) is 4.70. The van der Waals surface area contributed by atoms with Crippen molar-refractivity contribution < 1.29 is 19.0 Å². The molecule has 1 atom stereocenters. The normalized spacial score (nSPS) is 16.6. The molecule has 0 unspecified atom stereocenters. The molecule has 0 amide bonds. The van der Waals surface area contributed by atoms with Crippen LogP contribution < -0.4 is 4.74 Å². The van der Waals surface area contributed by atoms with Crippen molar-refractivity contribution in [2.75, 3.05) is 26.4 Å². The molecule has 2 heterocycles. The van der Waals surface area contributed by atoms with Gasteiger partial charge in [0, 0.05) is 43.5 Å². The average Bonchev–Trinajstić information content (AvgIpc) is 3.16. The number of hydrogen-bond acceptors (Lipinski definition) is 6. The van der Waals surface area contributed by atoms with Crippen LogP contribution in [0.5, 0.6) is 11.5 Å². The van der Waals surface area contributed by atoms with Crippen molar-refractivity contribution in [1.82, 2.24) is 14.7 Å². The standard InChI is InChI=1S/C25H29N3O4/c1-3-31-24(29)15-21-18-30-14-13-28(21)17-20-16-27(2)26-25(20)19-9-11-23(12-10-19)32-22-7-5-4-6-8-22/h4-12,16,21H,3,13-15,17-18H2,1-2H3/t21-/m1/s1. The molecule has 0 spiro atoms. The van der Waals surface area contributed by atoms with Gasteiger partial charge < -0.3 is 14.2 Å². The Balaban J connectivity index is 1.49. The van der Waals surface area contributed by atoms with Crippen LogP contribution in [-0.2, 0) is 27.9 Å². The average molecular weight is 436 g/mol. The largest absolute Gasteiger partial charge is 0.466 e. The second-order valence-corrected chi connectivity index (χ2v) is 7.82. The van der Waals surface area contributed by atoms with Crippen molar-refractivity contribution >= 4 is 5.97 Å². The van der Waals surface area contributed by atoms with E-state index >= 15 is 0 Å². The van der Waals surface area contributed by atoms with Crippen molar-refractivity contribution in [2.24, 2.45) is 7.05 Å². The van der Waals surface area contributed by atoms with Gasteiger partial charge >= 0.3 is 5.97 Å². The second kappa shape index (κ2) is 10.4. The minimum Gasteiger partial charge on any atom is -0.466 e. The number of morpholine rings is 1. The van der Waals surface area contributed by atoms with Crippen LogP contribution in [0.3, 0.4) is 0 Å². The number of carbonyl (C=O) groups excluding carboxylic acids is 1. The topological polar surface area (TPSA) is 65.8 Å². The molecule has 3 aromatic rings. The Morgan fingerprint density at radius 1 is 1.12 bits per heavy atom. The minimum atomic E-state index is -0.187. The molecule has 1 aliphatic heterocycles. The summed E-state index contributed by atoms with van der Waals surface area (Å²) < 4.78 is 18.5. The van der Waals surface area contributed by atoms with Gasteiger partial charge in [-0.1, -0.05) is 18.2 Å². The molecule has 7 nitrogen and oxygen atoms in total. The number of nitrogens with zero attached hydrogens (tertiary/aromatic N) is 3. The number of rotatable bonds is 8. The van der Waals surface area contributed by atoms with E-state index in [1.165, 1.54) is 0 Å². The van der Waals surface area contributed by atoms with Gasteiger partial charge in [-0.05, 0) is 43.3 Å². The second-order valence-electron chi connectivity index (χ2n) is 7.82. The molecule has 1 aromatic heterocycles. The van der Waals surface area contributed by atoms with Crippen LogP contribution in [0.2, 0.25) is 0 Å². The lowest BCUT2D eigenvalue weighted by molar-refractivity contribution is -0.146. The summed E-state index contributed by atoms with van der Waals surface area (Å²) >= 11 is 0. The molecule has 1 fully saturated rings. The molecule has 4 rings (SSSR count). The van der Waals surface area contributed by atoms with Crippen LogP contribution in [0.4, 0.5) is 0 Å². The van der Waals surface area contributed by atoms with E-state index in [1.54, 1.807) is 0 Å². The van der Waals surface area contributed by atoms with E-state index < -0.39 is 0 Å². The molecule has 0 N–H and O–H groups in total. The fourth-order valence-corrected chi connectivity index (χ4v) is 3.92. The molecule has 1 aliphatic rings. The number of ether oxygens (including phenoxy) is 3. The highest BCUT2D eigenvalue weighted by Gasteiger charge is 2.27. The highest BCUT2D eigenvalue weighted by Crippen LogP contribution is 2.28. The number of aryl methyl sites for hydroxylation is 1. The summed E-state index contributed by atoms with van der Waals surface area (Å²) in [5.74, 6) is 1.40. The Hall–Kier alpha value is -3.16. The third-order valence-electron chi connectivity index (χ3n) is 5.44. The smallest absolute Gasteiger partial charge is 0.307 e. The lowest BCUT2D eigenvalue weighted by Gasteiger charge is -2.35. The first kappa shape index (κ1) is 22.0. The van der Waals surface area contributed by atoms with Gasteiger partial charge in [0.15, 0.2) is 0 Å². The first-order valence-electron chi connectivity index (χ1n) is 11.0. The maximum Gasteiger partial charge on any atom is 0.307 e. The van der Waals surface area contributed by atoms with E-state index in [0.29, 0.717) is 32.8 Å². The zero-order valence-corrected chi connectivity index (χ0v) is 18.6. The highest BCUT2D eigenvalue weighted by molar-refractivity contribution is 5.70. The molecule has 1 saturated heterocycles. The van der Waals surface area contributed by atoms with Gasteiger partial charge in [-0.15, -0.1) is 0 Å². The number of para-hydroxylation sites is 1. The number of carbonyl (C=O) groups is 1. The monoisotopic (exact) mass is 435 g/mol. The van der Waals surface area contributed by atoms with Gasteiger partial charge in [-0.2, -0.15) is 5.10 Å². The Labute approximate surface area is 188 Å². The van der Waals surface area contributed by atoms with Gasteiger partial charge in [-0.3, -0.25) is 14.4 Å². The fraction of sp³-hybridized carbons (Fsp3) is 0.360. The van der Waals surface area contributed by atoms with Crippen LogP contribution in [0.25, 0.3) is 11.3 Å². The van der Waals surface area contributed by atoms with Crippen LogP contribution in [-0.4, -0.2) is 53.1 Å². The van der Waals surface area contributed by atoms with E-state index in [4.69, 9.17) is 19.3 Å². The molecule has 32 heavy (non-hydrogen) atoms. The van der Waals surface area contributed by atoms with Crippen LogP contribution in [0.15, 0.2) is 60.8 Å². The van der Waals surface area contributed by atoms with Gasteiger partial charge in [0.25, 0.3) is 0 Å². The lowest BCUT2D eigenvalue weighted by Crippen LogP contribution is -2.46. The maximum absolute atomic E-state index is 12.0. The zero-order valence-electron chi connectivity index (χ0n) is 18.6. The van der Waals surface area contributed by atoms with E-state index in [0.717, 1.165) is 34.9 Å². The summed E-state index contributed by atoms with van der Waals surface area (Å²) in [6, 6.07) is 17.7. The summed E-state index contributed by atoms with van der Waals surface area (Å²) in [6.07, 6.45) is 2.37. The van der Waals surface area contributed by atoms with Gasteiger partial charge in [0.05, 0.1) is 31.9 Å². The summed E-state index contributed by atoms with van der Waals surface area (Å²) in [5.41, 5.74) is 3.07. The van der Waals surface area contributed by atoms with Crippen LogP contribution >= 0.6 is 0 Å². The SMILES string of the molecule is CCOC(=O)C[C@@H]1COCCN1Cc1cn(C)nc1-c1ccc(Oc2ccccc2)cc1. The van der Waals surface area contributed by atoms with Gasteiger partial charge in [-0.25, -0.2) is 0 Å². The molecule has 2 aromatic carbocycles. The van der Waals surface area contributed by atoms with Crippen LogP contribution in [0.1, 0.15) is 18.9 Å². The van der Waals surface area contributed by atoms with E-state index in [2.05, 4.69) is 4.90 Å². The maximum atomic E-state index is 12.0. The molecular weight excluding hydrogens is 406 g/mol. The molecule has 0 radical (unpaired) electrons. The molecule has 0 saturated carbocycles. The van der Waals surface area contributed by atoms with Gasteiger partial charge in [0.1, 0.15) is 11.5 Å². The Morgan fingerprint density at radius 2 is 1.88 bits per heavy atom. The van der Waals surface area contributed by atoms with E-state index in [9.17, 15) is 4.79 Å². The lowest BCUT2D eigenvalue weighted by atomic mass is 10.1. The Kier molecular flexibility index (Phi) is 7.19. The Morgan fingerprint density at radius 3 is 2.62 bits per heavy atom. The number of hydrogen-bond donors (Lipinski definition) is 0. The molecule has 168 valence electrons. The van der Waals surface area contributed by atoms with Crippen molar-refractivity contribution in [1.29, 1.82) is 0 Å². The van der Waals surface area contributed by atoms with Crippen LogP contribution in [0, 0.1) is 0 Å². The molecule has 7 heteroatoms. The van der Waals surface area contributed by atoms with Crippen molar-refractivity contribution in [2.45, 2.75) is 25.9 Å². The molecule has 0 bridgehead atoms. The van der Waals surface area contributed by atoms with Crippen molar-refractivity contribution in [3.8, 4) is 22.8 Å². The fourth-order valence-electron chi connectivity index (χ4n) is 3.92. The van der Waals surface area contributed by atoms with E-state index in [-0.39, 0.29) is 12.0 Å². The number of benzene rings is 2. The van der Waals surface area contributed by atoms with Crippen molar-refractivity contribution in [3.05, 3.63) is 66.4 Å². The summed E-state index contributed by atoms with van der Waals surface area (Å²) in [7, 11) is 1.93. The first-order chi connectivity index (χ1) is 15.6. The quantitative estimate of drug-likeness (QED) is 0.498. The van der Waals surface area contributed by atoms with Gasteiger partial charge in [0.2, 0.25) is 0 Å². The van der Waals surface area contributed by atoms with E-state index in [1.807, 2.05) is 79.4 Å². The summed E-state index contributed by atoms with van der Waals surface area (Å²) in [4.78, 5) is 14.3. The third-order valence-corrected chi connectivity index (χ3v) is 5.44. The molecule has 0 aliphatic carbocycles. The molecular formula is C25H29N3O4. The number of esters is 1.